The van der Waals surface area contributed by atoms with Crippen molar-refractivity contribution in [2.24, 2.45) is 4.99 Å². The number of nitrogens with zero attached hydrogens (tertiary/aromatic N) is 3. The number of ether oxygens (including phenoxy) is 1. The van der Waals surface area contributed by atoms with Gasteiger partial charge in [-0.1, -0.05) is 82.5 Å². The van der Waals surface area contributed by atoms with E-state index in [1.807, 2.05) is 60.8 Å². The van der Waals surface area contributed by atoms with Gasteiger partial charge in [0.25, 0.3) is 5.56 Å². The van der Waals surface area contributed by atoms with Gasteiger partial charge < -0.3 is 9.30 Å². The van der Waals surface area contributed by atoms with Crippen molar-refractivity contribution in [3.05, 3.63) is 136 Å². The predicted octanol–water partition coefficient (Wildman–Crippen LogP) is 7.15. The fourth-order valence-corrected chi connectivity index (χ4v) is 6.95. The molecular formula is C33H26Cl3N3O3S. The van der Waals surface area contributed by atoms with Crippen LogP contribution in [0.25, 0.3) is 17.0 Å². The summed E-state index contributed by atoms with van der Waals surface area (Å²) in [6.07, 6.45) is 3.57. The average Bonchev–Trinajstić information content (AvgIpc) is 3.46. The Labute approximate surface area is 266 Å². The van der Waals surface area contributed by atoms with Crippen molar-refractivity contribution in [3.63, 3.8) is 0 Å². The third-order valence-corrected chi connectivity index (χ3v) is 9.05. The van der Waals surface area contributed by atoms with Crippen molar-refractivity contribution < 1.29 is 9.53 Å². The second kappa shape index (κ2) is 11.8. The average molecular weight is 651 g/mol. The number of aromatic nitrogens is 2. The second-order valence-electron chi connectivity index (χ2n) is 10.6. The van der Waals surface area contributed by atoms with Gasteiger partial charge in [-0.3, -0.25) is 9.36 Å². The third-order valence-electron chi connectivity index (χ3n) is 7.23. The van der Waals surface area contributed by atoms with E-state index in [-0.39, 0.29) is 11.7 Å². The van der Waals surface area contributed by atoms with Crippen LogP contribution in [0.3, 0.4) is 0 Å². The van der Waals surface area contributed by atoms with Crippen LogP contribution in [0.2, 0.25) is 15.1 Å². The van der Waals surface area contributed by atoms with E-state index < -0.39 is 12.0 Å². The zero-order valence-corrected chi connectivity index (χ0v) is 26.6. The Morgan fingerprint density at radius 1 is 1.05 bits per heavy atom. The van der Waals surface area contributed by atoms with E-state index in [1.165, 1.54) is 11.3 Å². The Morgan fingerprint density at radius 2 is 1.77 bits per heavy atom. The van der Waals surface area contributed by atoms with Crippen LogP contribution in [-0.4, -0.2) is 21.2 Å². The molecule has 1 unspecified atom stereocenters. The number of thiazole rings is 1. The van der Waals surface area contributed by atoms with Gasteiger partial charge in [0.2, 0.25) is 0 Å². The normalized spacial score (nSPS) is 15.2. The van der Waals surface area contributed by atoms with E-state index >= 15 is 0 Å². The van der Waals surface area contributed by atoms with Crippen LogP contribution in [0, 0.1) is 0 Å². The zero-order chi connectivity index (χ0) is 30.4. The molecule has 43 heavy (non-hydrogen) atoms. The van der Waals surface area contributed by atoms with Crippen LogP contribution < -0.4 is 14.9 Å². The Bertz CT molecular complexity index is 2110. The molecule has 0 N–H and O–H groups in total. The third kappa shape index (κ3) is 5.70. The molecule has 0 aliphatic carbocycles. The minimum absolute atomic E-state index is 0.247. The highest BCUT2D eigenvalue weighted by molar-refractivity contribution is 7.07. The van der Waals surface area contributed by atoms with Crippen LogP contribution in [0.5, 0.6) is 0 Å². The quantitative estimate of drug-likeness (QED) is 0.183. The van der Waals surface area contributed by atoms with Crippen molar-refractivity contribution in [2.45, 2.75) is 39.5 Å². The number of hydrogen-bond acceptors (Lipinski definition) is 5. The molecule has 1 aliphatic heterocycles. The number of allylic oxidation sites excluding steroid dienone is 1. The maximum Gasteiger partial charge on any atom is 0.338 e. The lowest BCUT2D eigenvalue weighted by Crippen LogP contribution is -2.40. The SMILES string of the molecule is CC1=C(C(=O)OC(C)C)C(c2ccc(Cl)cc2)n2c(s/c(=C/c3cn(Cc4ccc(Cl)cc4Cl)c4ccccc34)c2=O)=N1. The summed E-state index contributed by atoms with van der Waals surface area (Å²) in [6.45, 7) is 5.88. The van der Waals surface area contributed by atoms with Crippen molar-refractivity contribution in [1.82, 2.24) is 9.13 Å². The molecule has 0 saturated carbocycles. The van der Waals surface area contributed by atoms with Gasteiger partial charge in [0.05, 0.1) is 27.9 Å². The lowest BCUT2D eigenvalue weighted by molar-refractivity contribution is -0.143. The Hall–Kier alpha value is -3.62. The van der Waals surface area contributed by atoms with Gasteiger partial charge in [-0.2, -0.15) is 0 Å². The lowest BCUT2D eigenvalue weighted by Gasteiger charge is -2.25. The molecule has 218 valence electrons. The maximum absolute atomic E-state index is 14.1. The van der Waals surface area contributed by atoms with E-state index in [9.17, 15) is 9.59 Å². The predicted molar refractivity (Wildman–Crippen MR) is 174 cm³/mol. The fraction of sp³-hybridized carbons (Fsp3) is 0.182. The molecule has 0 fully saturated rings. The number of hydrogen-bond donors (Lipinski definition) is 0. The molecular weight excluding hydrogens is 625 g/mol. The van der Waals surface area contributed by atoms with Crippen LogP contribution in [0.4, 0.5) is 0 Å². The topological polar surface area (TPSA) is 65.6 Å². The number of para-hydroxylation sites is 1. The summed E-state index contributed by atoms with van der Waals surface area (Å²) < 4.78 is 9.77. The zero-order valence-electron chi connectivity index (χ0n) is 23.5. The number of esters is 1. The number of rotatable bonds is 6. The van der Waals surface area contributed by atoms with Crippen molar-refractivity contribution in [1.29, 1.82) is 0 Å². The number of carbonyl (C=O) groups is 1. The van der Waals surface area contributed by atoms with Crippen molar-refractivity contribution in [2.75, 3.05) is 0 Å². The highest BCUT2D eigenvalue weighted by Gasteiger charge is 2.33. The number of fused-ring (bicyclic) bond motifs is 2. The summed E-state index contributed by atoms with van der Waals surface area (Å²) in [5.74, 6) is -0.505. The van der Waals surface area contributed by atoms with Crippen LogP contribution >= 0.6 is 46.1 Å². The summed E-state index contributed by atoms with van der Waals surface area (Å²) in [5, 5.41) is 2.71. The van der Waals surface area contributed by atoms with Gasteiger partial charge in [-0.25, -0.2) is 9.79 Å². The minimum atomic E-state index is -0.713. The van der Waals surface area contributed by atoms with Crippen molar-refractivity contribution >= 4 is 69.1 Å². The number of halogens is 3. The molecule has 0 spiro atoms. The number of carbonyl (C=O) groups excluding carboxylic acids is 1. The Morgan fingerprint density at radius 3 is 2.49 bits per heavy atom. The molecule has 1 aliphatic rings. The maximum atomic E-state index is 14.1. The van der Waals surface area contributed by atoms with E-state index in [2.05, 4.69) is 4.57 Å². The first-order valence-electron chi connectivity index (χ1n) is 13.6. The van der Waals surface area contributed by atoms with Gasteiger partial charge in [0.1, 0.15) is 0 Å². The summed E-state index contributed by atoms with van der Waals surface area (Å²) in [4.78, 5) is 32.6. The van der Waals surface area contributed by atoms with E-state index in [1.54, 1.807) is 43.5 Å². The molecule has 5 aromatic rings. The highest BCUT2D eigenvalue weighted by atomic mass is 35.5. The first kappa shape index (κ1) is 29.5. The molecule has 0 saturated heterocycles. The van der Waals surface area contributed by atoms with E-state index in [0.717, 1.165) is 27.6 Å². The van der Waals surface area contributed by atoms with Gasteiger partial charge in [0, 0.05) is 44.3 Å². The summed E-state index contributed by atoms with van der Waals surface area (Å²) >= 11 is 20.1. The molecule has 10 heteroatoms. The first-order chi connectivity index (χ1) is 20.6. The highest BCUT2D eigenvalue weighted by Crippen LogP contribution is 2.32. The van der Waals surface area contributed by atoms with Gasteiger partial charge >= 0.3 is 5.97 Å². The molecule has 6 rings (SSSR count). The van der Waals surface area contributed by atoms with E-state index in [4.69, 9.17) is 44.5 Å². The van der Waals surface area contributed by atoms with Crippen molar-refractivity contribution in [3.8, 4) is 0 Å². The van der Waals surface area contributed by atoms with Gasteiger partial charge in [-0.15, -0.1) is 0 Å². The lowest BCUT2D eigenvalue weighted by atomic mass is 9.96. The molecule has 0 bridgehead atoms. The van der Waals surface area contributed by atoms with Crippen LogP contribution in [0.1, 0.15) is 43.5 Å². The fourth-order valence-electron chi connectivity index (χ4n) is 5.32. The summed E-state index contributed by atoms with van der Waals surface area (Å²) in [7, 11) is 0. The molecule has 6 nitrogen and oxygen atoms in total. The Balaban J connectivity index is 1.50. The molecule has 2 aromatic heterocycles. The molecule has 1 atom stereocenters. The Kier molecular flexibility index (Phi) is 8.09. The van der Waals surface area contributed by atoms with Gasteiger partial charge in [0.15, 0.2) is 4.80 Å². The largest absolute Gasteiger partial charge is 0.459 e. The summed E-state index contributed by atoms with van der Waals surface area (Å²) in [5.41, 5.74) is 4.13. The summed E-state index contributed by atoms with van der Waals surface area (Å²) in [6, 6.07) is 19.9. The second-order valence-corrected chi connectivity index (χ2v) is 12.8. The van der Waals surface area contributed by atoms with E-state index in [0.29, 0.717) is 42.2 Å². The standard InChI is InChI=1S/C33H26Cl3N3O3S/c1-18(2)42-32(41)29-19(3)37-33-39(30(29)20-8-11-23(34)12-9-20)31(40)28(43-33)14-22-17-38(27-7-5-4-6-25(22)27)16-21-10-13-24(35)15-26(21)36/h4-15,17-18,30H,16H2,1-3H3/b28-14+. The van der Waals surface area contributed by atoms with Gasteiger partial charge in [-0.05, 0) is 68.3 Å². The molecule has 3 heterocycles. The molecule has 0 amide bonds. The molecule has 3 aromatic carbocycles. The smallest absolute Gasteiger partial charge is 0.338 e. The number of benzene rings is 3. The first-order valence-corrected chi connectivity index (χ1v) is 15.6. The minimum Gasteiger partial charge on any atom is -0.459 e. The van der Waals surface area contributed by atoms with Crippen LogP contribution in [0.15, 0.2) is 94.0 Å². The monoisotopic (exact) mass is 649 g/mol. The molecule has 0 radical (unpaired) electrons. The van der Waals surface area contributed by atoms with Crippen LogP contribution in [-0.2, 0) is 16.1 Å².